The van der Waals surface area contributed by atoms with Crippen molar-refractivity contribution in [3.63, 3.8) is 0 Å². The van der Waals surface area contributed by atoms with Crippen LogP contribution in [0, 0.1) is 6.92 Å². The van der Waals surface area contributed by atoms with Gasteiger partial charge in [0.05, 0.1) is 30.8 Å². The Kier molecular flexibility index (Phi) is 3.61. The summed E-state index contributed by atoms with van der Waals surface area (Å²) in [7, 11) is 1.34. The van der Waals surface area contributed by atoms with E-state index in [0.717, 1.165) is 5.69 Å². The maximum atomic E-state index is 11.6. The van der Waals surface area contributed by atoms with Crippen LogP contribution in [0.5, 0.6) is 0 Å². The minimum absolute atomic E-state index is 0.296. The monoisotopic (exact) mass is 258 g/mol. The summed E-state index contributed by atoms with van der Waals surface area (Å²) in [4.78, 5) is 15.6. The zero-order valence-electron chi connectivity index (χ0n) is 10.7. The number of hydrogen-bond donors (Lipinski definition) is 1. The van der Waals surface area contributed by atoms with Gasteiger partial charge < -0.3 is 10.5 Å². The first-order valence-corrected chi connectivity index (χ1v) is 5.65. The number of nitrogens with two attached hydrogens (primary N) is 1. The second-order valence-electron chi connectivity index (χ2n) is 3.91. The van der Waals surface area contributed by atoms with E-state index in [1.165, 1.54) is 11.8 Å². The second kappa shape index (κ2) is 5.34. The van der Waals surface area contributed by atoms with Crippen molar-refractivity contribution in [1.82, 2.24) is 9.66 Å². The molecule has 19 heavy (non-hydrogen) atoms. The van der Waals surface area contributed by atoms with E-state index < -0.39 is 5.97 Å². The first-order chi connectivity index (χ1) is 9.11. The van der Waals surface area contributed by atoms with Crippen LogP contribution in [0.1, 0.15) is 21.6 Å². The van der Waals surface area contributed by atoms with Gasteiger partial charge in [-0.3, -0.25) is 0 Å². The molecule has 1 aromatic carbocycles. The Morgan fingerprint density at radius 3 is 2.84 bits per heavy atom. The standard InChI is InChI=1S/C13H14N4O2/c1-9-8-17(13(14)16-9)15-7-10-5-3-4-6-11(10)12(18)19-2/h3-8H,1-2H3,(H2,14,16). The fraction of sp³-hybridized carbons (Fsp3) is 0.154. The highest BCUT2D eigenvalue weighted by Gasteiger charge is 2.09. The van der Waals surface area contributed by atoms with Gasteiger partial charge in [-0.25, -0.2) is 14.5 Å². The summed E-state index contributed by atoms with van der Waals surface area (Å²) >= 11 is 0. The van der Waals surface area contributed by atoms with Crippen molar-refractivity contribution in [2.75, 3.05) is 12.8 Å². The smallest absolute Gasteiger partial charge is 0.338 e. The molecular formula is C13H14N4O2. The Bertz CT molecular complexity index is 631. The van der Waals surface area contributed by atoms with E-state index in [0.29, 0.717) is 17.1 Å². The van der Waals surface area contributed by atoms with Crippen molar-refractivity contribution in [2.45, 2.75) is 6.92 Å². The van der Waals surface area contributed by atoms with E-state index in [1.54, 1.807) is 30.6 Å². The SMILES string of the molecule is COC(=O)c1ccccc1C=Nn1cc(C)nc1N. The minimum atomic E-state index is -0.406. The predicted octanol–water partition coefficient (Wildman–Crippen LogP) is 1.44. The Balaban J connectivity index is 2.33. The molecule has 0 aliphatic heterocycles. The summed E-state index contributed by atoms with van der Waals surface area (Å²) in [6.45, 7) is 1.82. The van der Waals surface area contributed by atoms with Crippen molar-refractivity contribution in [3.05, 3.63) is 47.3 Å². The maximum absolute atomic E-state index is 11.6. The summed E-state index contributed by atoms with van der Waals surface area (Å²) in [5.41, 5.74) is 7.55. The lowest BCUT2D eigenvalue weighted by Gasteiger charge is -2.03. The molecule has 0 unspecified atom stereocenters. The fourth-order valence-electron chi connectivity index (χ4n) is 1.63. The molecule has 0 radical (unpaired) electrons. The van der Waals surface area contributed by atoms with E-state index in [-0.39, 0.29) is 0 Å². The quantitative estimate of drug-likeness (QED) is 0.667. The average Bonchev–Trinajstić information content (AvgIpc) is 2.74. The van der Waals surface area contributed by atoms with Gasteiger partial charge in [0, 0.05) is 5.56 Å². The van der Waals surface area contributed by atoms with Crippen molar-refractivity contribution >= 4 is 18.1 Å². The summed E-state index contributed by atoms with van der Waals surface area (Å²) in [5.74, 6) is -0.110. The summed E-state index contributed by atoms with van der Waals surface area (Å²) < 4.78 is 6.16. The van der Waals surface area contributed by atoms with Crippen LogP contribution in [0.15, 0.2) is 35.6 Å². The number of nitrogens with zero attached hydrogens (tertiary/aromatic N) is 3. The Morgan fingerprint density at radius 1 is 1.47 bits per heavy atom. The van der Waals surface area contributed by atoms with Gasteiger partial charge in [0.2, 0.25) is 5.95 Å². The fourth-order valence-corrected chi connectivity index (χ4v) is 1.63. The number of aryl methyl sites for hydroxylation is 1. The number of nitrogen functional groups attached to an aromatic ring is 1. The zero-order chi connectivity index (χ0) is 13.8. The van der Waals surface area contributed by atoms with E-state index in [1.807, 2.05) is 13.0 Å². The first kappa shape index (κ1) is 12.8. The summed E-state index contributed by atoms with van der Waals surface area (Å²) in [6.07, 6.45) is 3.25. The highest BCUT2D eigenvalue weighted by molar-refractivity contribution is 5.99. The molecule has 2 rings (SSSR count). The van der Waals surface area contributed by atoms with Gasteiger partial charge in [-0.1, -0.05) is 18.2 Å². The van der Waals surface area contributed by atoms with Gasteiger partial charge in [0.1, 0.15) is 0 Å². The van der Waals surface area contributed by atoms with Gasteiger partial charge in [0.25, 0.3) is 0 Å². The molecule has 2 aromatic rings. The topological polar surface area (TPSA) is 82.5 Å². The molecule has 0 fully saturated rings. The highest BCUT2D eigenvalue weighted by atomic mass is 16.5. The van der Waals surface area contributed by atoms with Crippen LogP contribution < -0.4 is 5.73 Å². The number of aromatic nitrogens is 2. The molecule has 1 heterocycles. The molecule has 0 aliphatic carbocycles. The van der Waals surface area contributed by atoms with Crippen molar-refractivity contribution < 1.29 is 9.53 Å². The molecule has 0 amide bonds. The number of carbonyl (C=O) groups excluding carboxylic acids is 1. The van der Waals surface area contributed by atoms with Crippen LogP contribution in [-0.2, 0) is 4.74 Å². The van der Waals surface area contributed by atoms with Crippen LogP contribution in [0.25, 0.3) is 0 Å². The van der Waals surface area contributed by atoms with Crippen LogP contribution in [0.4, 0.5) is 5.95 Å². The predicted molar refractivity (Wildman–Crippen MR) is 72.1 cm³/mol. The number of methoxy groups -OCH3 is 1. The molecule has 0 bridgehead atoms. The van der Waals surface area contributed by atoms with Crippen LogP contribution >= 0.6 is 0 Å². The largest absolute Gasteiger partial charge is 0.465 e. The lowest BCUT2D eigenvalue weighted by atomic mass is 10.1. The molecule has 6 heteroatoms. The lowest BCUT2D eigenvalue weighted by molar-refractivity contribution is 0.0600. The second-order valence-corrected chi connectivity index (χ2v) is 3.91. The van der Waals surface area contributed by atoms with E-state index in [9.17, 15) is 4.79 Å². The number of esters is 1. The molecule has 0 saturated heterocycles. The summed E-state index contributed by atoms with van der Waals surface area (Å²) in [6, 6.07) is 7.03. The van der Waals surface area contributed by atoms with Crippen LogP contribution in [-0.4, -0.2) is 29.0 Å². The van der Waals surface area contributed by atoms with Gasteiger partial charge in [-0.2, -0.15) is 5.10 Å². The summed E-state index contributed by atoms with van der Waals surface area (Å²) in [5, 5.41) is 4.17. The molecule has 0 saturated carbocycles. The molecule has 0 spiro atoms. The van der Waals surface area contributed by atoms with Gasteiger partial charge in [-0.15, -0.1) is 0 Å². The third-order valence-electron chi connectivity index (χ3n) is 2.52. The van der Waals surface area contributed by atoms with E-state index in [4.69, 9.17) is 10.5 Å². The van der Waals surface area contributed by atoms with Gasteiger partial charge >= 0.3 is 5.97 Å². The molecule has 0 aliphatic rings. The Hall–Kier alpha value is -2.63. The number of anilines is 1. The van der Waals surface area contributed by atoms with E-state index in [2.05, 4.69) is 10.1 Å². The normalized spacial score (nSPS) is 10.8. The molecule has 6 nitrogen and oxygen atoms in total. The number of imidazole rings is 1. The third-order valence-corrected chi connectivity index (χ3v) is 2.52. The Morgan fingerprint density at radius 2 is 2.21 bits per heavy atom. The van der Waals surface area contributed by atoms with Gasteiger partial charge in [0.15, 0.2) is 0 Å². The van der Waals surface area contributed by atoms with Gasteiger partial charge in [-0.05, 0) is 13.0 Å². The number of benzene rings is 1. The molecule has 2 N–H and O–H groups in total. The molecular weight excluding hydrogens is 244 g/mol. The first-order valence-electron chi connectivity index (χ1n) is 5.65. The highest BCUT2D eigenvalue weighted by Crippen LogP contribution is 2.09. The third kappa shape index (κ3) is 2.79. The van der Waals surface area contributed by atoms with E-state index >= 15 is 0 Å². The van der Waals surface area contributed by atoms with Crippen molar-refractivity contribution in [3.8, 4) is 0 Å². The number of hydrogen-bond acceptors (Lipinski definition) is 5. The Labute approximate surface area is 110 Å². The number of carbonyl (C=O) groups is 1. The van der Waals surface area contributed by atoms with Crippen LogP contribution in [0.2, 0.25) is 0 Å². The van der Waals surface area contributed by atoms with Crippen LogP contribution in [0.3, 0.4) is 0 Å². The molecule has 1 aromatic heterocycles. The number of ether oxygens (including phenoxy) is 1. The minimum Gasteiger partial charge on any atom is -0.465 e. The average molecular weight is 258 g/mol. The lowest BCUT2D eigenvalue weighted by Crippen LogP contribution is -2.05. The maximum Gasteiger partial charge on any atom is 0.338 e. The molecule has 0 atom stereocenters. The number of rotatable bonds is 3. The molecule has 98 valence electrons. The van der Waals surface area contributed by atoms with Crippen molar-refractivity contribution in [1.29, 1.82) is 0 Å². The zero-order valence-corrected chi connectivity index (χ0v) is 10.7. The van der Waals surface area contributed by atoms with Crippen molar-refractivity contribution in [2.24, 2.45) is 5.10 Å².